The first-order chi connectivity index (χ1) is 13.2. The maximum Gasteiger partial charge on any atom is 0.345 e. The van der Waals surface area contributed by atoms with E-state index >= 15 is 0 Å². The fraction of sp³-hybridized carbons (Fsp3) is 0.864. The molecule has 0 radical (unpaired) electrons. The van der Waals surface area contributed by atoms with Crippen molar-refractivity contribution in [2.45, 2.75) is 90.8 Å². The van der Waals surface area contributed by atoms with Gasteiger partial charge in [-0.2, -0.15) is 0 Å². The van der Waals surface area contributed by atoms with Crippen LogP contribution in [0.2, 0.25) is 0 Å². The minimum Gasteiger partial charge on any atom is -0.459 e. The average Bonchev–Trinajstić information content (AvgIpc) is 2.63. The summed E-state index contributed by atoms with van der Waals surface area (Å²) in [7, 11) is -3.61. The summed E-state index contributed by atoms with van der Waals surface area (Å²) >= 11 is 0. The Kier molecular flexibility index (Phi) is 8.79. The zero-order valence-electron chi connectivity index (χ0n) is 18.3. The molecule has 2 aliphatic carbocycles. The molecule has 0 aromatic rings. The molecule has 2 aliphatic rings. The SMILES string of the molecule is CCOP(=O)(OCC)C(C(=O)OC1(C)CCC(C(C)C)CC1)C1C=CCCC1. The third-order valence-electron chi connectivity index (χ3n) is 6.28. The zero-order chi connectivity index (χ0) is 20.8. The van der Waals surface area contributed by atoms with Crippen molar-refractivity contribution in [1.82, 2.24) is 0 Å². The smallest absolute Gasteiger partial charge is 0.345 e. The molecule has 0 aromatic carbocycles. The predicted octanol–water partition coefficient (Wildman–Crippen LogP) is 6.13. The Morgan fingerprint density at radius 1 is 1.14 bits per heavy atom. The molecule has 5 nitrogen and oxygen atoms in total. The molecule has 2 rings (SSSR count). The van der Waals surface area contributed by atoms with Crippen molar-refractivity contribution in [2.75, 3.05) is 13.2 Å². The van der Waals surface area contributed by atoms with Gasteiger partial charge in [0, 0.05) is 5.92 Å². The van der Waals surface area contributed by atoms with Gasteiger partial charge in [-0.1, -0.05) is 26.0 Å². The van der Waals surface area contributed by atoms with Crippen molar-refractivity contribution in [3.63, 3.8) is 0 Å². The highest BCUT2D eigenvalue weighted by Gasteiger charge is 2.49. The van der Waals surface area contributed by atoms with Crippen molar-refractivity contribution in [1.29, 1.82) is 0 Å². The molecule has 0 amide bonds. The molecule has 2 unspecified atom stereocenters. The molecule has 2 atom stereocenters. The third-order valence-corrected chi connectivity index (χ3v) is 8.79. The Balaban J connectivity index is 2.20. The summed E-state index contributed by atoms with van der Waals surface area (Å²) in [4.78, 5) is 13.3. The number of hydrogen-bond acceptors (Lipinski definition) is 5. The second kappa shape index (κ2) is 10.4. The van der Waals surface area contributed by atoms with Crippen LogP contribution in [0.5, 0.6) is 0 Å². The highest BCUT2D eigenvalue weighted by molar-refractivity contribution is 7.55. The molecule has 162 valence electrons. The molecule has 0 heterocycles. The summed E-state index contributed by atoms with van der Waals surface area (Å²) in [5.74, 6) is 0.742. The second-order valence-corrected chi connectivity index (χ2v) is 10.9. The Morgan fingerprint density at radius 2 is 1.75 bits per heavy atom. The normalized spacial score (nSPS) is 29.6. The molecule has 1 saturated carbocycles. The lowest BCUT2D eigenvalue weighted by atomic mass is 9.75. The van der Waals surface area contributed by atoms with Crippen molar-refractivity contribution in [3.05, 3.63) is 12.2 Å². The van der Waals surface area contributed by atoms with E-state index in [0.29, 0.717) is 11.8 Å². The molecule has 0 aliphatic heterocycles. The number of carbonyl (C=O) groups is 1. The van der Waals surface area contributed by atoms with Gasteiger partial charge in [0.2, 0.25) is 0 Å². The number of rotatable bonds is 9. The Hall–Kier alpha value is -0.640. The zero-order valence-corrected chi connectivity index (χ0v) is 19.2. The van der Waals surface area contributed by atoms with E-state index in [2.05, 4.69) is 19.9 Å². The van der Waals surface area contributed by atoms with Crippen LogP contribution >= 0.6 is 7.60 Å². The van der Waals surface area contributed by atoms with Crippen LogP contribution in [0, 0.1) is 17.8 Å². The monoisotopic (exact) mass is 414 g/mol. The van der Waals surface area contributed by atoms with Crippen molar-refractivity contribution < 1.29 is 23.1 Å². The molecular formula is C22H39O5P. The molecule has 0 spiro atoms. The first-order valence-electron chi connectivity index (χ1n) is 11.0. The maximum absolute atomic E-state index is 13.6. The number of hydrogen-bond donors (Lipinski definition) is 0. The molecular weight excluding hydrogens is 375 g/mol. The van der Waals surface area contributed by atoms with Crippen LogP contribution in [-0.2, 0) is 23.1 Å². The molecule has 28 heavy (non-hydrogen) atoms. The standard InChI is InChI=1S/C22H39O5P/c1-6-25-28(24,26-7-2)20(19-11-9-8-10-12-19)21(23)27-22(5)15-13-18(14-16-22)17(3)4/h9,11,17-20H,6-8,10,12-16H2,1-5H3. The van der Waals surface area contributed by atoms with Crippen LogP contribution in [0.15, 0.2) is 12.2 Å². The quantitative estimate of drug-likeness (QED) is 0.258. The van der Waals surface area contributed by atoms with Gasteiger partial charge in [-0.3, -0.25) is 9.36 Å². The number of ether oxygens (including phenoxy) is 1. The van der Waals surface area contributed by atoms with Crippen LogP contribution in [0.3, 0.4) is 0 Å². The Morgan fingerprint density at radius 3 is 2.21 bits per heavy atom. The number of allylic oxidation sites excluding steroid dienone is 2. The van der Waals surface area contributed by atoms with Gasteiger partial charge in [-0.05, 0) is 77.6 Å². The number of esters is 1. The van der Waals surface area contributed by atoms with E-state index in [1.54, 1.807) is 13.8 Å². The topological polar surface area (TPSA) is 61.8 Å². The van der Waals surface area contributed by atoms with Crippen LogP contribution in [0.1, 0.15) is 79.6 Å². The summed E-state index contributed by atoms with van der Waals surface area (Å²) in [5.41, 5.74) is -1.38. The van der Waals surface area contributed by atoms with Gasteiger partial charge in [-0.15, -0.1) is 0 Å². The lowest BCUT2D eigenvalue weighted by molar-refractivity contribution is -0.163. The molecule has 0 bridgehead atoms. The van der Waals surface area contributed by atoms with E-state index in [4.69, 9.17) is 13.8 Å². The molecule has 0 aromatic heterocycles. The fourth-order valence-electron chi connectivity index (χ4n) is 4.52. The molecule has 0 N–H and O–H groups in total. The van der Waals surface area contributed by atoms with Gasteiger partial charge in [0.05, 0.1) is 13.2 Å². The van der Waals surface area contributed by atoms with Crippen molar-refractivity contribution in [2.24, 2.45) is 17.8 Å². The van der Waals surface area contributed by atoms with Crippen LogP contribution < -0.4 is 0 Å². The highest BCUT2D eigenvalue weighted by atomic mass is 31.2. The summed E-state index contributed by atoms with van der Waals surface area (Å²) < 4.78 is 30.8. The first-order valence-corrected chi connectivity index (χ1v) is 12.6. The van der Waals surface area contributed by atoms with E-state index < -0.39 is 24.8 Å². The van der Waals surface area contributed by atoms with Gasteiger partial charge in [0.1, 0.15) is 5.60 Å². The summed E-state index contributed by atoms with van der Waals surface area (Å²) in [6.45, 7) is 10.6. The largest absolute Gasteiger partial charge is 0.459 e. The fourth-order valence-corrected chi connectivity index (χ4v) is 6.66. The first kappa shape index (κ1) is 23.6. The second-order valence-electron chi connectivity index (χ2n) is 8.80. The molecule has 0 saturated heterocycles. The summed E-state index contributed by atoms with van der Waals surface area (Å²) in [6.07, 6.45) is 10.6. The predicted molar refractivity (Wildman–Crippen MR) is 112 cm³/mol. The van der Waals surface area contributed by atoms with Crippen LogP contribution in [-0.4, -0.2) is 30.4 Å². The Bertz CT molecular complexity index is 567. The van der Waals surface area contributed by atoms with Gasteiger partial charge < -0.3 is 13.8 Å². The molecule has 1 fully saturated rings. The average molecular weight is 415 g/mol. The van der Waals surface area contributed by atoms with E-state index in [1.807, 2.05) is 13.0 Å². The highest BCUT2D eigenvalue weighted by Crippen LogP contribution is 2.57. The van der Waals surface area contributed by atoms with E-state index in [0.717, 1.165) is 44.9 Å². The van der Waals surface area contributed by atoms with Gasteiger partial charge in [0.25, 0.3) is 0 Å². The lowest BCUT2D eigenvalue weighted by Crippen LogP contribution is -2.42. The number of carbonyl (C=O) groups excluding carboxylic acids is 1. The van der Waals surface area contributed by atoms with Crippen LogP contribution in [0.4, 0.5) is 0 Å². The molecule has 6 heteroatoms. The van der Waals surface area contributed by atoms with E-state index in [-0.39, 0.29) is 19.1 Å². The lowest BCUT2D eigenvalue weighted by Gasteiger charge is -2.40. The van der Waals surface area contributed by atoms with Gasteiger partial charge >= 0.3 is 13.6 Å². The summed E-state index contributed by atoms with van der Waals surface area (Å²) in [5, 5.41) is 0. The van der Waals surface area contributed by atoms with Crippen molar-refractivity contribution >= 4 is 13.6 Å². The Labute approximate surface area is 171 Å². The van der Waals surface area contributed by atoms with E-state index in [1.165, 1.54) is 0 Å². The summed E-state index contributed by atoms with van der Waals surface area (Å²) in [6, 6.07) is 0. The minimum absolute atomic E-state index is 0.166. The minimum atomic E-state index is -3.61. The van der Waals surface area contributed by atoms with E-state index in [9.17, 15) is 9.36 Å². The van der Waals surface area contributed by atoms with Crippen molar-refractivity contribution in [3.8, 4) is 0 Å². The van der Waals surface area contributed by atoms with Gasteiger partial charge in [-0.25, -0.2) is 0 Å². The third kappa shape index (κ3) is 5.93. The maximum atomic E-state index is 13.6. The van der Waals surface area contributed by atoms with Gasteiger partial charge in [0.15, 0.2) is 5.66 Å². The van der Waals surface area contributed by atoms with Crippen LogP contribution in [0.25, 0.3) is 0 Å².